The fourth-order valence-electron chi connectivity index (χ4n) is 8.09. The molecule has 0 saturated heterocycles. The molecular formula is C86H139BrN4O20. The minimum Gasteiger partial charge on any atom is -0.502 e. The minimum absolute atomic E-state index is 0.00545. The molecule has 2 bridgehead atoms. The molecule has 0 spiro atoms. The third-order valence-electron chi connectivity index (χ3n) is 18.7. The summed E-state index contributed by atoms with van der Waals surface area (Å²) in [7, 11) is 0. The molecule has 0 heterocycles. The topological polar surface area (TPSA) is 334 Å². The van der Waals surface area contributed by atoms with Gasteiger partial charge < -0.3 is 62.1 Å². The van der Waals surface area contributed by atoms with E-state index in [0.717, 1.165) is 76.2 Å². The maximum absolute atomic E-state index is 11.7. The molecule has 630 valence electrons. The highest BCUT2D eigenvalue weighted by molar-refractivity contribution is 9.09. The van der Waals surface area contributed by atoms with Crippen molar-refractivity contribution in [1.82, 2.24) is 0 Å². The number of esters is 8. The molecule has 24 nitrogen and oxygen atoms in total. The number of unbranched alkanes of at least 4 members (excludes halogenated alkanes) is 1. The van der Waals surface area contributed by atoms with Crippen LogP contribution >= 0.6 is 15.9 Å². The second-order valence-corrected chi connectivity index (χ2v) is 29.8. The standard InChI is InChI=1S/C13H19NO2.C13H15NO2.C11H20O4.C11H20O3.2C10H17NO2.C9H15BrO2.C9H16O3/c1-3-8(2)13(15)16-12-6-9-4-10(12)5-11(9)7-14;1-3-10(2)13(15)16-9-12-6-4-11(8-14)5-7-12;1-4-10(3)11(12)15-9-8-14-7-6-13-5-2;1-4-10(3)11(12)14-9-7-6-8-13-5-2;1-6-9(2,3)8(12)13-10(4,5)7-11;1-6-10(3,4)9(12)13-7-8(2)11-5;2*1-4-6-12-8(11)9(3,5-2)7-10/h8-12H,3-6H2,1-2H3;4-7,10H,3,9H2,1-2H3;5,10H,2,4,6-9H2,1,3H3;5,10H,2,4,6-9H2,1,3H3;6H2,1-5H3;8H,6-7H2,1-4H3;4H,1,5-7H2,2-3H3;4,10H,1,5-7H2,2-3H3. The van der Waals surface area contributed by atoms with Crippen molar-refractivity contribution in [1.29, 1.82) is 15.8 Å². The molecule has 0 radical (unpaired) electrons. The van der Waals surface area contributed by atoms with Gasteiger partial charge in [-0.2, -0.15) is 15.8 Å². The Morgan fingerprint density at radius 1 is 0.559 bits per heavy atom. The number of rotatable bonds is 41. The molecule has 2 fully saturated rings. The third-order valence-corrected chi connectivity index (χ3v) is 20.0. The van der Waals surface area contributed by atoms with Gasteiger partial charge in [-0.15, -0.1) is 0 Å². The van der Waals surface area contributed by atoms with E-state index in [9.17, 15) is 38.4 Å². The number of hydrogen-bond donors (Lipinski definition) is 1. The fraction of sp³-hybridized carbons (Fsp3) is 0.698. The normalized spacial score (nSPS) is 16.4. The molecule has 0 aromatic heterocycles. The fourth-order valence-corrected chi connectivity index (χ4v) is 8.72. The number of nitriles is 3. The van der Waals surface area contributed by atoms with Crippen LogP contribution in [-0.4, -0.2) is 142 Å². The summed E-state index contributed by atoms with van der Waals surface area (Å²) in [6, 6.07) is 13.1. The molecule has 111 heavy (non-hydrogen) atoms. The quantitative estimate of drug-likeness (QED) is 0.0121. The number of aliphatic hydroxyl groups excluding tert-OH is 1. The van der Waals surface area contributed by atoms with Crippen molar-refractivity contribution in [3.8, 4) is 18.2 Å². The van der Waals surface area contributed by atoms with E-state index >= 15 is 0 Å². The number of aliphatic hydroxyl groups is 1. The molecular weight excluding hydrogens is 1490 g/mol. The van der Waals surface area contributed by atoms with Gasteiger partial charge in [-0.1, -0.05) is 150 Å². The maximum Gasteiger partial charge on any atom is 0.314 e. The van der Waals surface area contributed by atoms with E-state index in [1.807, 2.05) is 130 Å². The van der Waals surface area contributed by atoms with Crippen molar-refractivity contribution in [2.45, 2.75) is 253 Å². The van der Waals surface area contributed by atoms with Crippen molar-refractivity contribution in [2.75, 3.05) is 71.4 Å². The lowest BCUT2D eigenvalue weighted by Crippen LogP contribution is -2.34. The highest BCUT2D eigenvalue weighted by Gasteiger charge is 2.48. The van der Waals surface area contributed by atoms with Crippen molar-refractivity contribution < 1.29 is 95.6 Å². The zero-order chi connectivity index (χ0) is 86.4. The number of nitrogens with zero attached hydrogens (tertiary/aromatic N) is 4. The predicted molar refractivity (Wildman–Crippen MR) is 434 cm³/mol. The third kappa shape index (κ3) is 51.2. The lowest BCUT2D eigenvalue weighted by Gasteiger charge is -2.25. The summed E-state index contributed by atoms with van der Waals surface area (Å²) in [5.41, 5.74) is -1.61. The van der Waals surface area contributed by atoms with Gasteiger partial charge in [-0.3, -0.25) is 38.4 Å². The lowest BCUT2D eigenvalue weighted by molar-refractivity contribution is -0.163. The molecule has 25 heteroatoms. The van der Waals surface area contributed by atoms with Crippen LogP contribution in [0.3, 0.4) is 0 Å². The molecule has 0 amide bonds. The van der Waals surface area contributed by atoms with E-state index in [-0.39, 0.29) is 116 Å². The van der Waals surface area contributed by atoms with Gasteiger partial charge in [0.15, 0.2) is 12.2 Å². The second kappa shape index (κ2) is 64.4. The van der Waals surface area contributed by atoms with Gasteiger partial charge in [0.25, 0.3) is 6.04 Å². The first-order valence-electron chi connectivity index (χ1n) is 38.7. The molecule has 11 unspecified atom stereocenters. The minimum atomic E-state index is -1.02. The van der Waals surface area contributed by atoms with Gasteiger partial charge in [0.05, 0.1) is 109 Å². The van der Waals surface area contributed by atoms with Crippen LogP contribution in [0.15, 0.2) is 75.3 Å². The van der Waals surface area contributed by atoms with Crippen LogP contribution in [0, 0.1) is 104 Å². The monoisotopic (exact) mass is 1630 g/mol. The first-order chi connectivity index (χ1) is 52.1. The molecule has 2 aliphatic rings. The van der Waals surface area contributed by atoms with Crippen molar-refractivity contribution >= 4 is 63.7 Å². The average molecular weight is 1630 g/mol. The summed E-state index contributed by atoms with van der Waals surface area (Å²) in [5, 5.41) is 35.8. The summed E-state index contributed by atoms with van der Waals surface area (Å²) in [6.07, 6.45) is 16.6. The van der Waals surface area contributed by atoms with Crippen LogP contribution in [0.4, 0.5) is 0 Å². The number of hydrogen-bond acceptors (Lipinski definition) is 23. The van der Waals surface area contributed by atoms with Gasteiger partial charge in [0.1, 0.15) is 45.2 Å². The SMILES string of the molecule is C=CCOC(=O)C(C)(CC)CBr.C=CCOC(=O)C(C)(CC)CO.C=COCCCCOC(=O)C(C)CC.C=COCCOCCOC(=O)C(C)CC.CCC(C)(C)C(=O)OC(C)(C)C#N.CCC(C)C(=O)OC1CC2CC1CC2C#N.CCC(C)C(=O)OCc1ccc(C#N)cc1.[C-]#[N+]C(C)COC(=O)C(C)(C)CC. The summed E-state index contributed by atoms with van der Waals surface area (Å²) in [6.45, 7) is 62.8. The number of ether oxygens (including phenoxy) is 11. The molecule has 0 aliphatic heterocycles. The van der Waals surface area contributed by atoms with Crippen LogP contribution in [0.25, 0.3) is 4.85 Å². The average Bonchev–Trinajstić information content (AvgIpc) is 1.64. The number of benzene rings is 1. The first-order valence-corrected chi connectivity index (χ1v) is 39.8. The largest absolute Gasteiger partial charge is 0.502 e. The molecule has 2 saturated carbocycles. The van der Waals surface area contributed by atoms with Gasteiger partial charge in [-0.25, -0.2) is 6.57 Å². The van der Waals surface area contributed by atoms with Crippen LogP contribution in [0.2, 0.25) is 0 Å². The maximum atomic E-state index is 11.7. The summed E-state index contributed by atoms with van der Waals surface area (Å²) in [4.78, 5) is 94.2. The second-order valence-electron chi connectivity index (χ2n) is 29.3. The molecule has 1 aromatic rings. The van der Waals surface area contributed by atoms with Crippen LogP contribution < -0.4 is 0 Å². The zero-order valence-corrected chi connectivity index (χ0v) is 72.8. The molecule has 1 aromatic carbocycles. The summed E-state index contributed by atoms with van der Waals surface area (Å²) < 4.78 is 55.4. The Balaban J connectivity index is -0.000000387. The Kier molecular flexibility index (Phi) is 64.7. The number of halogens is 1. The van der Waals surface area contributed by atoms with E-state index in [2.05, 4.69) is 53.2 Å². The first kappa shape index (κ1) is 111. The Hall–Kier alpha value is -8.10. The number of alkyl halides is 1. The van der Waals surface area contributed by atoms with Gasteiger partial charge in [-0.05, 0) is 168 Å². The Morgan fingerprint density at radius 3 is 1.41 bits per heavy atom. The van der Waals surface area contributed by atoms with Crippen molar-refractivity contribution in [2.24, 2.45) is 63.1 Å². The number of carbonyl (C=O) groups excluding carboxylic acids is 8. The van der Waals surface area contributed by atoms with E-state index in [1.165, 1.54) is 18.6 Å². The highest BCUT2D eigenvalue weighted by atomic mass is 79.9. The van der Waals surface area contributed by atoms with Crippen molar-refractivity contribution in [3.63, 3.8) is 0 Å². The summed E-state index contributed by atoms with van der Waals surface area (Å²) in [5.74, 6) is -0.504. The van der Waals surface area contributed by atoms with Crippen LogP contribution in [0.1, 0.15) is 240 Å². The van der Waals surface area contributed by atoms with Gasteiger partial charge in [0.2, 0.25) is 0 Å². The predicted octanol–water partition coefficient (Wildman–Crippen LogP) is 17.6. The smallest absolute Gasteiger partial charge is 0.314 e. The molecule has 2 aliphatic carbocycles. The summed E-state index contributed by atoms with van der Waals surface area (Å²) >= 11 is 3.30. The Bertz CT molecular complexity index is 2970. The van der Waals surface area contributed by atoms with Gasteiger partial charge in [0, 0.05) is 18.2 Å². The highest BCUT2D eigenvalue weighted by Crippen LogP contribution is 2.49. The van der Waals surface area contributed by atoms with Crippen LogP contribution in [-0.2, 0) is 97.1 Å². The Morgan fingerprint density at radius 2 is 1.01 bits per heavy atom. The van der Waals surface area contributed by atoms with E-state index in [4.69, 9.17) is 79.6 Å². The Labute approximate surface area is 675 Å². The van der Waals surface area contributed by atoms with E-state index < -0.39 is 27.3 Å². The lowest BCUT2D eigenvalue weighted by atomic mass is 9.88. The number of fused-ring (bicyclic) bond motifs is 2. The van der Waals surface area contributed by atoms with E-state index in [0.29, 0.717) is 81.8 Å². The van der Waals surface area contributed by atoms with Gasteiger partial charge >= 0.3 is 47.8 Å². The number of carbonyl (C=O) groups is 8. The molecule has 1 N–H and O–H groups in total. The van der Waals surface area contributed by atoms with Crippen LogP contribution in [0.5, 0.6) is 0 Å². The molecule has 11 atom stereocenters. The molecule has 3 rings (SSSR count). The van der Waals surface area contributed by atoms with Crippen molar-refractivity contribution in [3.05, 3.63) is 97.8 Å². The van der Waals surface area contributed by atoms with E-state index in [1.54, 1.807) is 58.0 Å². The zero-order valence-electron chi connectivity index (χ0n) is 71.2.